The summed E-state index contributed by atoms with van der Waals surface area (Å²) in [6, 6.07) is 6.90. The van der Waals surface area contributed by atoms with Crippen LogP contribution in [0, 0.1) is 5.92 Å². The molecule has 3 aliphatic heterocycles. The highest BCUT2D eigenvalue weighted by atomic mass is 32.1. The number of ether oxygens (including phenoxy) is 1. The van der Waals surface area contributed by atoms with Crippen molar-refractivity contribution in [3.05, 3.63) is 29.3 Å². The second-order valence-corrected chi connectivity index (χ2v) is 8.94. The molecule has 2 aromatic heterocycles. The van der Waals surface area contributed by atoms with E-state index in [0.29, 0.717) is 24.5 Å². The molecule has 0 aliphatic carbocycles. The third kappa shape index (κ3) is 3.89. The number of rotatable bonds is 5. The van der Waals surface area contributed by atoms with Gasteiger partial charge < -0.3 is 10.1 Å². The number of carbonyl (C=O) groups is 1. The van der Waals surface area contributed by atoms with Crippen molar-refractivity contribution in [2.45, 2.75) is 44.7 Å². The van der Waals surface area contributed by atoms with E-state index in [1.807, 2.05) is 13.8 Å². The third-order valence-corrected chi connectivity index (χ3v) is 6.65. The lowest BCUT2D eigenvalue weighted by atomic mass is 9.74. The van der Waals surface area contributed by atoms with E-state index >= 15 is 0 Å². The van der Waals surface area contributed by atoms with Gasteiger partial charge in [0, 0.05) is 37.3 Å². The van der Waals surface area contributed by atoms with Crippen molar-refractivity contribution in [2.75, 3.05) is 19.7 Å². The van der Waals surface area contributed by atoms with Gasteiger partial charge in [0.05, 0.1) is 4.88 Å². The van der Waals surface area contributed by atoms with Gasteiger partial charge in [-0.25, -0.2) is 4.79 Å². The molecule has 0 spiro atoms. The minimum atomic E-state index is -0.309. The van der Waals surface area contributed by atoms with Gasteiger partial charge in [-0.3, -0.25) is 9.58 Å². The molecule has 0 saturated carbocycles. The van der Waals surface area contributed by atoms with Gasteiger partial charge in [-0.1, -0.05) is 6.07 Å². The van der Waals surface area contributed by atoms with Gasteiger partial charge in [-0.05, 0) is 56.7 Å². The standard InChI is InChI=1S/C20H28N4O2S/c1-13(2)21-20(25)26-12-15-9-14-6-7-24(15)11-16(14)18-10-17(22-23(18)3)19-5-4-8-27-19/h4-5,8,10,13-16H,6-7,9,11-12H2,1-3H3,(H,21,25). The van der Waals surface area contributed by atoms with Gasteiger partial charge in [0.1, 0.15) is 12.3 Å². The molecule has 3 fully saturated rings. The predicted octanol–water partition coefficient (Wildman–Crippen LogP) is 3.46. The second kappa shape index (κ2) is 7.64. The normalized spacial score (nSPS) is 27.1. The zero-order valence-corrected chi connectivity index (χ0v) is 17.0. The van der Waals surface area contributed by atoms with Crippen molar-refractivity contribution in [3.63, 3.8) is 0 Å². The number of amides is 1. The minimum Gasteiger partial charge on any atom is -0.448 e. The molecule has 5 rings (SSSR count). The zero-order chi connectivity index (χ0) is 19.0. The summed E-state index contributed by atoms with van der Waals surface area (Å²) in [7, 11) is 2.06. The van der Waals surface area contributed by atoms with Crippen LogP contribution in [0.2, 0.25) is 0 Å². The lowest BCUT2D eigenvalue weighted by molar-refractivity contribution is -0.00441. The molecular formula is C20H28N4O2S. The minimum absolute atomic E-state index is 0.104. The Kier molecular flexibility index (Phi) is 5.23. The zero-order valence-electron chi connectivity index (χ0n) is 16.2. The van der Waals surface area contributed by atoms with Crippen molar-refractivity contribution < 1.29 is 9.53 Å². The van der Waals surface area contributed by atoms with Crippen molar-refractivity contribution in [1.82, 2.24) is 20.0 Å². The molecule has 0 radical (unpaired) electrons. The molecule has 1 amide bonds. The lowest BCUT2D eigenvalue weighted by Crippen LogP contribution is -2.54. The summed E-state index contributed by atoms with van der Waals surface area (Å²) < 4.78 is 7.51. The molecule has 0 aromatic carbocycles. The summed E-state index contributed by atoms with van der Waals surface area (Å²) >= 11 is 1.73. The average Bonchev–Trinajstić information content (AvgIpc) is 3.29. The Morgan fingerprint density at radius 3 is 3.00 bits per heavy atom. The molecule has 7 heteroatoms. The Balaban J connectivity index is 1.41. The van der Waals surface area contributed by atoms with Crippen LogP contribution in [0.25, 0.3) is 10.6 Å². The number of aromatic nitrogens is 2. The number of hydrogen-bond acceptors (Lipinski definition) is 5. The van der Waals surface area contributed by atoms with E-state index in [1.54, 1.807) is 11.3 Å². The Hall–Kier alpha value is -1.86. The summed E-state index contributed by atoms with van der Waals surface area (Å²) in [5, 5.41) is 9.64. The summed E-state index contributed by atoms with van der Waals surface area (Å²) in [4.78, 5) is 15.5. The maximum Gasteiger partial charge on any atom is 0.407 e. The molecule has 2 aromatic rings. The van der Waals surface area contributed by atoms with E-state index < -0.39 is 0 Å². The van der Waals surface area contributed by atoms with E-state index in [9.17, 15) is 4.79 Å². The number of carbonyl (C=O) groups excluding carboxylic acids is 1. The van der Waals surface area contributed by atoms with Gasteiger partial charge in [0.2, 0.25) is 0 Å². The van der Waals surface area contributed by atoms with Crippen LogP contribution in [0.15, 0.2) is 23.6 Å². The first-order valence-corrected chi connectivity index (χ1v) is 10.6. The highest BCUT2D eigenvalue weighted by Crippen LogP contribution is 2.42. The van der Waals surface area contributed by atoms with Gasteiger partial charge >= 0.3 is 6.09 Å². The molecule has 5 heterocycles. The van der Waals surface area contributed by atoms with Crippen LogP contribution < -0.4 is 5.32 Å². The van der Waals surface area contributed by atoms with E-state index in [2.05, 4.69) is 45.5 Å². The van der Waals surface area contributed by atoms with Crippen molar-refractivity contribution in [1.29, 1.82) is 0 Å². The summed E-state index contributed by atoms with van der Waals surface area (Å²) in [6.07, 6.45) is 1.98. The number of aryl methyl sites for hydroxylation is 1. The number of piperidine rings is 3. The van der Waals surface area contributed by atoms with Crippen LogP contribution in [-0.2, 0) is 11.8 Å². The van der Waals surface area contributed by atoms with E-state index in [4.69, 9.17) is 9.84 Å². The molecule has 4 unspecified atom stereocenters. The topological polar surface area (TPSA) is 59.4 Å². The fourth-order valence-electron chi connectivity index (χ4n) is 4.47. The summed E-state index contributed by atoms with van der Waals surface area (Å²) in [6.45, 7) is 6.48. The van der Waals surface area contributed by atoms with Crippen LogP contribution in [0.4, 0.5) is 4.79 Å². The fourth-order valence-corrected chi connectivity index (χ4v) is 5.15. The van der Waals surface area contributed by atoms with E-state index in [-0.39, 0.29) is 12.1 Å². The molecule has 1 N–H and O–H groups in total. The molecule has 2 bridgehead atoms. The van der Waals surface area contributed by atoms with Crippen molar-refractivity contribution in [2.24, 2.45) is 13.0 Å². The van der Waals surface area contributed by atoms with Crippen LogP contribution in [0.1, 0.15) is 38.3 Å². The van der Waals surface area contributed by atoms with Gasteiger partial charge in [0.15, 0.2) is 0 Å². The number of fused-ring (bicyclic) bond motifs is 3. The highest BCUT2D eigenvalue weighted by molar-refractivity contribution is 7.13. The Bertz CT molecular complexity index is 786. The molecule has 3 saturated heterocycles. The molecular weight excluding hydrogens is 360 g/mol. The summed E-state index contributed by atoms with van der Waals surface area (Å²) in [5.41, 5.74) is 2.40. The molecule has 4 atom stereocenters. The van der Waals surface area contributed by atoms with E-state index in [0.717, 1.165) is 25.2 Å². The average molecular weight is 389 g/mol. The Morgan fingerprint density at radius 1 is 1.48 bits per heavy atom. The Morgan fingerprint density at radius 2 is 2.33 bits per heavy atom. The van der Waals surface area contributed by atoms with Crippen molar-refractivity contribution in [3.8, 4) is 10.6 Å². The first-order chi connectivity index (χ1) is 13.0. The third-order valence-electron chi connectivity index (χ3n) is 5.76. The smallest absolute Gasteiger partial charge is 0.407 e. The molecule has 27 heavy (non-hydrogen) atoms. The van der Waals surface area contributed by atoms with E-state index in [1.165, 1.54) is 17.0 Å². The fraction of sp³-hybridized carbons (Fsp3) is 0.600. The number of nitrogens with one attached hydrogen (secondary N) is 1. The molecule has 6 nitrogen and oxygen atoms in total. The number of nitrogens with zero attached hydrogens (tertiary/aromatic N) is 3. The van der Waals surface area contributed by atoms with Gasteiger partial charge in [-0.15, -0.1) is 11.3 Å². The second-order valence-electron chi connectivity index (χ2n) is 7.99. The molecule has 3 aliphatic rings. The largest absolute Gasteiger partial charge is 0.448 e. The summed E-state index contributed by atoms with van der Waals surface area (Å²) in [5.74, 6) is 1.13. The molecule has 146 valence electrons. The van der Waals surface area contributed by atoms with Gasteiger partial charge in [0.25, 0.3) is 0 Å². The maximum absolute atomic E-state index is 11.8. The highest BCUT2D eigenvalue weighted by Gasteiger charge is 2.42. The van der Waals surface area contributed by atoms with Crippen LogP contribution in [0.5, 0.6) is 0 Å². The van der Waals surface area contributed by atoms with Crippen LogP contribution >= 0.6 is 11.3 Å². The van der Waals surface area contributed by atoms with Crippen LogP contribution in [0.3, 0.4) is 0 Å². The van der Waals surface area contributed by atoms with Gasteiger partial charge in [-0.2, -0.15) is 5.10 Å². The Labute approximate surface area is 164 Å². The SMILES string of the molecule is CC(C)NC(=O)OCC1CC2CCN1CC2c1cc(-c2cccs2)nn1C. The lowest BCUT2D eigenvalue weighted by Gasteiger charge is -2.49. The number of hydrogen-bond donors (Lipinski definition) is 1. The quantitative estimate of drug-likeness (QED) is 0.852. The number of thiophene rings is 1. The first kappa shape index (κ1) is 18.5. The maximum atomic E-state index is 11.8. The first-order valence-electron chi connectivity index (χ1n) is 9.76. The van der Waals surface area contributed by atoms with Crippen molar-refractivity contribution >= 4 is 17.4 Å². The van der Waals surface area contributed by atoms with Crippen LogP contribution in [-0.4, -0.2) is 52.6 Å². The monoisotopic (exact) mass is 388 g/mol. The number of alkyl carbamates (subject to hydrolysis) is 1. The predicted molar refractivity (Wildman–Crippen MR) is 107 cm³/mol.